The van der Waals surface area contributed by atoms with E-state index in [2.05, 4.69) is 46.9 Å². The van der Waals surface area contributed by atoms with E-state index in [0.717, 1.165) is 9.75 Å². The second kappa shape index (κ2) is 4.45. The average molecular weight is 328 g/mol. The quantitative estimate of drug-likeness (QED) is 0.596. The largest absolute Gasteiger partial charge is 0.294 e. The van der Waals surface area contributed by atoms with Crippen LogP contribution < -0.4 is 0 Å². The van der Waals surface area contributed by atoms with Crippen molar-refractivity contribution in [1.82, 2.24) is 0 Å². The lowest BCUT2D eigenvalue weighted by atomic mass is 10.2. The summed E-state index contributed by atoms with van der Waals surface area (Å²) in [4.78, 5) is 13.1. The summed E-state index contributed by atoms with van der Waals surface area (Å²) in [5, 5.41) is 0. The molecule has 1 nitrogen and oxygen atoms in total. The van der Waals surface area contributed by atoms with Crippen LogP contribution in [0.4, 0.5) is 0 Å². The standard InChI is InChI=1S/C12H9IOS/c1-8(14)11-6-7-12(15-11)9-2-4-10(13)5-3-9/h2-7H,1H3. The Bertz CT molecular complexity index is 485. The highest BCUT2D eigenvalue weighted by atomic mass is 127. The highest BCUT2D eigenvalue weighted by Gasteiger charge is 2.05. The number of carbonyl (C=O) groups is 1. The van der Waals surface area contributed by atoms with Crippen molar-refractivity contribution >= 4 is 39.7 Å². The maximum Gasteiger partial charge on any atom is 0.169 e. The second-order valence-corrected chi connectivity index (χ2v) is 5.56. The molecule has 1 aromatic heterocycles. The van der Waals surface area contributed by atoms with Gasteiger partial charge in [-0.1, -0.05) is 12.1 Å². The van der Waals surface area contributed by atoms with Crippen molar-refractivity contribution < 1.29 is 4.79 Å². The average Bonchev–Trinajstić information content (AvgIpc) is 2.68. The number of thiophene rings is 1. The molecule has 0 unspecified atom stereocenters. The van der Waals surface area contributed by atoms with Gasteiger partial charge in [-0.3, -0.25) is 4.79 Å². The lowest BCUT2D eigenvalue weighted by Gasteiger charge is -1.96. The number of benzene rings is 1. The molecular formula is C12H9IOS. The van der Waals surface area contributed by atoms with Crippen molar-refractivity contribution in [3.63, 3.8) is 0 Å². The maximum absolute atomic E-state index is 11.2. The fourth-order valence-electron chi connectivity index (χ4n) is 1.30. The minimum Gasteiger partial charge on any atom is -0.294 e. The van der Waals surface area contributed by atoms with Gasteiger partial charge in [0.15, 0.2) is 5.78 Å². The van der Waals surface area contributed by atoms with Gasteiger partial charge in [-0.2, -0.15) is 0 Å². The number of carbonyl (C=O) groups excluding carboxylic acids is 1. The van der Waals surface area contributed by atoms with Crippen molar-refractivity contribution in [2.75, 3.05) is 0 Å². The zero-order valence-electron chi connectivity index (χ0n) is 8.16. The zero-order valence-corrected chi connectivity index (χ0v) is 11.1. The van der Waals surface area contributed by atoms with Crippen LogP contribution in [-0.2, 0) is 0 Å². The van der Waals surface area contributed by atoms with E-state index >= 15 is 0 Å². The highest BCUT2D eigenvalue weighted by molar-refractivity contribution is 14.1. The van der Waals surface area contributed by atoms with E-state index in [4.69, 9.17) is 0 Å². The Labute approximate surface area is 106 Å². The van der Waals surface area contributed by atoms with Crippen LogP contribution in [-0.4, -0.2) is 5.78 Å². The van der Waals surface area contributed by atoms with Gasteiger partial charge < -0.3 is 0 Å². The van der Waals surface area contributed by atoms with E-state index in [1.165, 1.54) is 9.13 Å². The van der Waals surface area contributed by atoms with E-state index < -0.39 is 0 Å². The van der Waals surface area contributed by atoms with Crippen LogP contribution in [0.15, 0.2) is 36.4 Å². The number of rotatable bonds is 2. The van der Waals surface area contributed by atoms with Gasteiger partial charge in [-0.15, -0.1) is 11.3 Å². The van der Waals surface area contributed by atoms with Crippen LogP contribution in [0.25, 0.3) is 10.4 Å². The molecule has 3 heteroatoms. The van der Waals surface area contributed by atoms with Crippen molar-refractivity contribution in [3.8, 4) is 10.4 Å². The van der Waals surface area contributed by atoms with Crippen molar-refractivity contribution in [1.29, 1.82) is 0 Å². The first-order valence-electron chi connectivity index (χ1n) is 4.53. The first-order valence-corrected chi connectivity index (χ1v) is 6.43. The SMILES string of the molecule is CC(=O)c1ccc(-c2ccc(I)cc2)s1. The van der Waals surface area contributed by atoms with E-state index in [1.807, 2.05) is 12.1 Å². The van der Waals surface area contributed by atoms with Crippen LogP contribution >= 0.6 is 33.9 Å². The van der Waals surface area contributed by atoms with Crippen LogP contribution in [0, 0.1) is 3.57 Å². The first-order chi connectivity index (χ1) is 7.16. The molecule has 0 saturated heterocycles. The van der Waals surface area contributed by atoms with E-state index in [9.17, 15) is 4.79 Å². The Balaban J connectivity index is 2.37. The molecule has 0 bridgehead atoms. The molecule has 0 aliphatic rings. The second-order valence-electron chi connectivity index (χ2n) is 3.23. The molecule has 0 saturated carbocycles. The topological polar surface area (TPSA) is 17.1 Å². The Morgan fingerprint density at radius 2 is 1.80 bits per heavy atom. The minimum atomic E-state index is 0.136. The number of Topliss-reactive ketones (excluding diaryl/α,β-unsaturated/α-hetero) is 1. The van der Waals surface area contributed by atoms with Gasteiger partial charge in [0.25, 0.3) is 0 Å². The molecule has 15 heavy (non-hydrogen) atoms. The molecule has 0 radical (unpaired) electrons. The summed E-state index contributed by atoms with van der Waals surface area (Å²) in [6.07, 6.45) is 0. The summed E-state index contributed by atoms with van der Waals surface area (Å²) in [6.45, 7) is 1.60. The lowest BCUT2D eigenvalue weighted by molar-refractivity contribution is 0.102. The molecule has 76 valence electrons. The lowest BCUT2D eigenvalue weighted by Crippen LogP contribution is -1.83. The monoisotopic (exact) mass is 328 g/mol. The fourth-order valence-corrected chi connectivity index (χ4v) is 2.56. The molecule has 0 amide bonds. The number of ketones is 1. The molecule has 2 aromatic rings. The van der Waals surface area contributed by atoms with Crippen LogP contribution in [0.2, 0.25) is 0 Å². The number of hydrogen-bond donors (Lipinski definition) is 0. The van der Waals surface area contributed by atoms with Gasteiger partial charge in [0.2, 0.25) is 0 Å². The van der Waals surface area contributed by atoms with Gasteiger partial charge in [-0.25, -0.2) is 0 Å². The normalized spacial score (nSPS) is 10.3. The number of hydrogen-bond acceptors (Lipinski definition) is 2. The summed E-state index contributed by atoms with van der Waals surface area (Å²) < 4.78 is 1.22. The van der Waals surface area contributed by atoms with E-state index in [-0.39, 0.29) is 5.78 Å². The molecule has 2 rings (SSSR count). The summed E-state index contributed by atoms with van der Waals surface area (Å²) in [5.74, 6) is 0.136. The predicted octanol–water partition coefficient (Wildman–Crippen LogP) is 4.22. The zero-order chi connectivity index (χ0) is 10.8. The van der Waals surface area contributed by atoms with Crippen LogP contribution in [0.1, 0.15) is 16.6 Å². The third-order valence-electron chi connectivity index (χ3n) is 2.08. The summed E-state index contributed by atoms with van der Waals surface area (Å²) in [5.41, 5.74) is 1.17. The molecule has 1 heterocycles. The summed E-state index contributed by atoms with van der Waals surface area (Å²) in [7, 11) is 0. The molecule has 0 aliphatic carbocycles. The third-order valence-corrected chi connectivity index (χ3v) is 4.04. The molecule has 0 fully saturated rings. The Morgan fingerprint density at radius 1 is 1.13 bits per heavy atom. The van der Waals surface area contributed by atoms with Gasteiger partial charge >= 0.3 is 0 Å². The molecule has 0 N–H and O–H groups in total. The van der Waals surface area contributed by atoms with E-state index in [1.54, 1.807) is 18.3 Å². The smallest absolute Gasteiger partial charge is 0.169 e. The van der Waals surface area contributed by atoms with Gasteiger partial charge in [-0.05, 0) is 59.3 Å². The van der Waals surface area contributed by atoms with Crippen LogP contribution in [0.3, 0.4) is 0 Å². The molecular weight excluding hydrogens is 319 g/mol. The maximum atomic E-state index is 11.2. The molecule has 0 atom stereocenters. The van der Waals surface area contributed by atoms with Gasteiger partial charge in [0, 0.05) is 8.45 Å². The summed E-state index contributed by atoms with van der Waals surface area (Å²) in [6, 6.07) is 12.2. The number of halogens is 1. The van der Waals surface area contributed by atoms with Crippen molar-refractivity contribution in [3.05, 3.63) is 44.8 Å². The highest BCUT2D eigenvalue weighted by Crippen LogP contribution is 2.28. The molecule has 0 spiro atoms. The van der Waals surface area contributed by atoms with Crippen LogP contribution in [0.5, 0.6) is 0 Å². The summed E-state index contributed by atoms with van der Waals surface area (Å²) >= 11 is 3.83. The van der Waals surface area contributed by atoms with Crippen molar-refractivity contribution in [2.45, 2.75) is 6.92 Å². The van der Waals surface area contributed by atoms with E-state index in [0.29, 0.717) is 0 Å². The van der Waals surface area contributed by atoms with Gasteiger partial charge in [0.05, 0.1) is 4.88 Å². The third kappa shape index (κ3) is 2.46. The Morgan fingerprint density at radius 3 is 2.33 bits per heavy atom. The first kappa shape index (κ1) is 10.8. The fraction of sp³-hybridized carbons (Fsp3) is 0.0833. The predicted molar refractivity (Wildman–Crippen MR) is 72.5 cm³/mol. The van der Waals surface area contributed by atoms with Crippen molar-refractivity contribution in [2.24, 2.45) is 0 Å². The Kier molecular flexibility index (Phi) is 3.21. The molecule has 0 aliphatic heterocycles. The van der Waals surface area contributed by atoms with Gasteiger partial charge in [0.1, 0.15) is 0 Å². The minimum absolute atomic E-state index is 0.136. The Hall–Kier alpha value is -0.680. The molecule has 1 aromatic carbocycles.